The summed E-state index contributed by atoms with van der Waals surface area (Å²) in [6.45, 7) is 3.34. The molecule has 0 radical (unpaired) electrons. The summed E-state index contributed by atoms with van der Waals surface area (Å²) in [4.78, 5) is 6.33. The number of aromatic amines is 1. The van der Waals surface area contributed by atoms with E-state index in [0.717, 1.165) is 36.3 Å². The standard InChI is InChI=1S/C28H29BrN2O/c1-32-26-12-11-23(29)19-22(26)15-18-31-16-13-20(14-17-31)27-24-9-5-6-10-25(24)30-28(27)21-7-3-2-4-8-21/h2-12,19-20,30H,13-18H2,1H3. The average Bonchev–Trinajstić information content (AvgIpc) is 3.23. The summed E-state index contributed by atoms with van der Waals surface area (Å²) in [6, 6.07) is 25.8. The van der Waals surface area contributed by atoms with Gasteiger partial charge < -0.3 is 14.6 Å². The molecule has 164 valence electrons. The number of hydrogen-bond donors (Lipinski definition) is 1. The van der Waals surface area contributed by atoms with Crippen molar-refractivity contribution in [1.82, 2.24) is 9.88 Å². The zero-order valence-corrected chi connectivity index (χ0v) is 20.1. The van der Waals surface area contributed by atoms with Crippen molar-refractivity contribution >= 4 is 26.8 Å². The van der Waals surface area contributed by atoms with E-state index in [1.807, 2.05) is 12.1 Å². The number of H-pyrrole nitrogens is 1. The molecule has 0 bridgehead atoms. The SMILES string of the molecule is COc1ccc(Br)cc1CCN1CCC(c2c(-c3ccccc3)[nH]c3ccccc23)CC1. The predicted octanol–water partition coefficient (Wildman–Crippen LogP) is 7.03. The van der Waals surface area contributed by atoms with Crippen molar-refractivity contribution in [3.05, 3.63) is 88.4 Å². The van der Waals surface area contributed by atoms with Crippen LogP contribution in [0.15, 0.2) is 77.3 Å². The minimum atomic E-state index is 0.581. The third-order valence-corrected chi connectivity index (χ3v) is 7.24. The molecule has 1 aromatic heterocycles. The van der Waals surface area contributed by atoms with Crippen LogP contribution in [-0.4, -0.2) is 36.6 Å². The molecule has 3 aromatic carbocycles. The molecular weight excluding hydrogens is 460 g/mol. The minimum absolute atomic E-state index is 0.581. The summed E-state index contributed by atoms with van der Waals surface area (Å²) in [6.07, 6.45) is 3.39. The summed E-state index contributed by atoms with van der Waals surface area (Å²) >= 11 is 3.59. The molecule has 1 aliphatic heterocycles. The van der Waals surface area contributed by atoms with Gasteiger partial charge in [0.1, 0.15) is 5.75 Å². The van der Waals surface area contributed by atoms with Crippen LogP contribution in [0.1, 0.15) is 29.9 Å². The molecule has 0 aliphatic carbocycles. The lowest BCUT2D eigenvalue weighted by Crippen LogP contribution is -2.34. The first-order valence-electron chi connectivity index (χ1n) is 11.4. The van der Waals surface area contributed by atoms with Gasteiger partial charge in [0.25, 0.3) is 0 Å². The van der Waals surface area contributed by atoms with Gasteiger partial charge in [-0.15, -0.1) is 0 Å². The molecule has 0 amide bonds. The number of benzene rings is 3. The van der Waals surface area contributed by atoms with Crippen LogP contribution >= 0.6 is 15.9 Å². The topological polar surface area (TPSA) is 28.3 Å². The molecule has 1 fully saturated rings. The molecule has 5 rings (SSSR count). The quantitative estimate of drug-likeness (QED) is 0.315. The van der Waals surface area contributed by atoms with Gasteiger partial charge >= 0.3 is 0 Å². The van der Waals surface area contributed by atoms with Gasteiger partial charge in [-0.05, 0) is 79.2 Å². The van der Waals surface area contributed by atoms with E-state index in [0.29, 0.717) is 5.92 Å². The Labute approximate surface area is 198 Å². The van der Waals surface area contributed by atoms with Crippen LogP contribution in [0.3, 0.4) is 0 Å². The summed E-state index contributed by atoms with van der Waals surface area (Å²) < 4.78 is 6.67. The Morgan fingerprint density at radius 2 is 1.72 bits per heavy atom. The van der Waals surface area contributed by atoms with E-state index in [4.69, 9.17) is 4.74 Å². The van der Waals surface area contributed by atoms with Crippen molar-refractivity contribution in [2.24, 2.45) is 0 Å². The van der Waals surface area contributed by atoms with Gasteiger partial charge in [-0.1, -0.05) is 64.5 Å². The van der Waals surface area contributed by atoms with E-state index >= 15 is 0 Å². The Kier molecular flexibility index (Phi) is 6.33. The van der Waals surface area contributed by atoms with E-state index in [9.17, 15) is 0 Å². The Morgan fingerprint density at radius 3 is 2.50 bits per heavy atom. The third-order valence-electron chi connectivity index (χ3n) is 6.74. The number of fused-ring (bicyclic) bond motifs is 1. The monoisotopic (exact) mass is 488 g/mol. The average molecular weight is 489 g/mol. The number of methoxy groups -OCH3 is 1. The van der Waals surface area contributed by atoms with Gasteiger partial charge in [-0.2, -0.15) is 0 Å². The number of para-hydroxylation sites is 1. The number of rotatable bonds is 6. The normalized spacial score (nSPS) is 15.3. The smallest absolute Gasteiger partial charge is 0.122 e. The highest BCUT2D eigenvalue weighted by Crippen LogP contribution is 2.40. The zero-order valence-electron chi connectivity index (χ0n) is 18.5. The van der Waals surface area contributed by atoms with Crippen LogP contribution < -0.4 is 4.74 Å². The fourth-order valence-corrected chi connectivity index (χ4v) is 5.50. The van der Waals surface area contributed by atoms with Crippen LogP contribution in [0.5, 0.6) is 5.75 Å². The fourth-order valence-electron chi connectivity index (χ4n) is 5.09. The molecular formula is C28H29BrN2O. The van der Waals surface area contributed by atoms with E-state index in [-0.39, 0.29) is 0 Å². The first kappa shape index (κ1) is 21.3. The van der Waals surface area contributed by atoms with Crippen molar-refractivity contribution in [2.45, 2.75) is 25.2 Å². The van der Waals surface area contributed by atoms with Crippen molar-refractivity contribution in [2.75, 3.05) is 26.7 Å². The van der Waals surface area contributed by atoms with Crippen molar-refractivity contribution in [3.8, 4) is 17.0 Å². The zero-order chi connectivity index (χ0) is 21.9. The summed E-state index contributed by atoms with van der Waals surface area (Å²) in [7, 11) is 1.75. The number of nitrogens with zero attached hydrogens (tertiary/aromatic N) is 1. The number of aromatic nitrogens is 1. The molecule has 3 nitrogen and oxygen atoms in total. The molecule has 0 atom stereocenters. The maximum atomic E-state index is 5.56. The van der Waals surface area contributed by atoms with Crippen LogP contribution in [-0.2, 0) is 6.42 Å². The van der Waals surface area contributed by atoms with Crippen LogP contribution in [0.2, 0.25) is 0 Å². The Hall–Kier alpha value is -2.56. The second kappa shape index (κ2) is 9.51. The second-order valence-electron chi connectivity index (χ2n) is 8.65. The highest BCUT2D eigenvalue weighted by atomic mass is 79.9. The number of halogens is 1. The van der Waals surface area contributed by atoms with E-state index in [1.165, 1.54) is 46.1 Å². The molecule has 1 aliphatic rings. The summed E-state index contributed by atoms with van der Waals surface area (Å²) in [5.74, 6) is 1.56. The van der Waals surface area contributed by atoms with Crippen LogP contribution in [0.25, 0.3) is 22.2 Å². The number of likely N-dealkylation sites (tertiary alicyclic amines) is 1. The largest absolute Gasteiger partial charge is 0.496 e. The van der Waals surface area contributed by atoms with Gasteiger partial charge in [0.2, 0.25) is 0 Å². The third kappa shape index (κ3) is 4.35. The molecule has 0 saturated carbocycles. The molecule has 1 saturated heterocycles. The van der Waals surface area contributed by atoms with Gasteiger partial charge in [0, 0.05) is 27.6 Å². The first-order chi connectivity index (χ1) is 15.7. The predicted molar refractivity (Wildman–Crippen MR) is 137 cm³/mol. The lowest BCUT2D eigenvalue weighted by Gasteiger charge is -2.32. The van der Waals surface area contributed by atoms with Crippen molar-refractivity contribution < 1.29 is 4.74 Å². The highest BCUT2D eigenvalue weighted by Gasteiger charge is 2.26. The maximum Gasteiger partial charge on any atom is 0.122 e. The molecule has 4 aromatic rings. The van der Waals surface area contributed by atoms with Gasteiger partial charge in [0.15, 0.2) is 0 Å². The number of piperidine rings is 1. The van der Waals surface area contributed by atoms with E-state index < -0.39 is 0 Å². The summed E-state index contributed by atoms with van der Waals surface area (Å²) in [5, 5.41) is 1.38. The molecule has 1 N–H and O–H groups in total. The second-order valence-corrected chi connectivity index (χ2v) is 9.56. The minimum Gasteiger partial charge on any atom is -0.496 e. The Bertz CT molecular complexity index is 1190. The van der Waals surface area contributed by atoms with Gasteiger partial charge in [-0.25, -0.2) is 0 Å². The summed E-state index contributed by atoms with van der Waals surface area (Å²) in [5.41, 5.74) is 6.59. The molecule has 32 heavy (non-hydrogen) atoms. The van der Waals surface area contributed by atoms with E-state index in [2.05, 4.69) is 86.5 Å². The highest BCUT2D eigenvalue weighted by molar-refractivity contribution is 9.10. The van der Waals surface area contributed by atoms with Crippen molar-refractivity contribution in [3.63, 3.8) is 0 Å². The van der Waals surface area contributed by atoms with Crippen LogP contribution in [0, 0.1) is 0 Å². The fraction of sp³-hybridized carbons (Fsp3) is 0.286. The molecule has 4 heteroatoms. The van der Waals surface area contributed by atoms with Crippen LogP contribution in [0.4, 0.5) is 0 Å². The number of hydrogen-bond acceptors (Lipinski definition) is 2. The lowest BCUT2D eigenvalue weighted by molar-refractivity contribution is 0.214. The maximum absolute atomic E-state index is 5.56. The lowest BCUT2D eigenvalue weighted by atomic mass is 9.86. The molecule has 0 spiro atoms. The van der Waals surface area contributed by atoms with E-state index in [1.54, 1.807) is 7.11 Å². The molecule has 0 unspecified atom stereocenters. The molecule has 2 heterocycles. The number of nitrogens with one attached hydrogen (secondary N) is 1. The Balaban J connectivity index is 1.32. The van der Waals surface area contributed by atoms with Crippen molar-refractivity contribution in [1.29, 1.82) is 0 Å². The van der Waals surface area contributed by atoms with Gasteiger partial charge in [-0.3, -0.25) is 0 Å². The van der Waals surface area contributed by atoms with Gasteiger partial charge in [0.05, 0.1) is 7.11 Å². The number of ether oxygens (including phenoxy) is 1. The Morgan fingerprint density at radius 1 is 0.969 bits per heavy atom. The first-order valence-corrected chi connectivity index (χ1v) is 12.2.